The van der Waals surface area contributed by atoms with Crippen molar-refractivity contribution in [2.24, 2.45) is 5.73 Å². The Bertz CT molecular complexity index is 290. The molecular formula is C13H19NO. The summed E-state index contributed by atoms with van der Waals surface area (Å²) < 4.78 is 0. The van der Waals surface area contributed by atoms with Crippen molar-refractivity contribution in [3.8, 4) is 0 Å². The molecule has 0 aliphatic heterocycles. The third kappa shape index (κ3) is 4.77. The highest BCUT2D eigenvalue weighted by atomic mass is 16.2. The summed E-state index contributed by atoms with van der Waals surface area (Å²) >= 11 is 0. The van der Waals surface area contributed by atoms with Crippen LogP contribution < -0.4 is 5.73 Å². The van der Waals surface area contributed by atoms with Crippen LogP contribution in [-0.4, -0.2) is 18.3 Å². The monoisotopic (exact) mass is 205 g/mol. The highest BCUT2D eigenvalue weighted by Crippen LogP contribution is 2.08. The average Bonchev–Trinajstić information content (AvgIpc) is 2.28. The van der Waals surface area contributed by atoms with Crippen molar-refractivity contribution in [2.75, 3.05) is 13.2 Å². The Hall–Kier alpha value is -1.12. The molecule has 0 fully saturated rings. The second kappa shape index (κ2) is 7.21. The van der Waals surface area contributed by atoms with Crippen LogP contribution in [0.5, 0.6) is 0 Å². The maximum absolute atomic E-state index is 8.70. The van der Waals surface area contributed by atoms with Crippen LogP contribution in [0.4, 0.5) is 0 Å². The molecule has 82 valence electrons. The molecule has 15 heavy (non-hydrogen) atoms. The Morgan fingerprint density at radius 1 is 1.20 bits per heavy atom. The van der Waals surface area contributed by atoms with Crippen LogP contribution in [-0.2, 0) is 6.42 Å². The first-order valence-electron chi connectivity index (χ1n) is 5.43. The summed E-state index contributed by atoms with van der Waals surface area (Å²) in [6.45, 7) is 0.962. The first kappa shape index (κ1) is 12.0. The normalized spacial score (nSPS) is 11.1. The standard InChI is InChI=1S/C13H19NO/c14-10-2-1-4-12-6-8-13(9-7-12)5-3-11-15/h1,4,6-9,15H,2-3,5,10-11,14H2. The van der Waals surface area contributed by atoms with E-state index in [4.69, 9.17) is 10.8 Å². The lowest BCUT2D eigenvalue weighted by molar-refractivity contribution is 0.288. The van der Waals surface area contributed by atoms with Gasteiger partial charge in [0.15, 0.2) is 0 Å². The summed E-state index contributed by atoms with van der Waals surface area (Å²) in [5.41, 5.74) is 7.88. The fourth-order valence-electron chi connectivity index (χ4n) is 1.39. The predicted octanol–water partition coefficient (Wildman–Crippen LogP) is 1.97. The van der Waals surface area contributed by atoms with Gasteiger partial charge in [-0.25, -0.2) is 0 Å². The lowest BCUT2D eigenvalue weighted by atomic mass is 10.1. The Kier molecular flexibility index (Phi) is 5.74. The van der Waals surface area contributed by atoms with E-state index in [1.54, 1.807) is 0 Å². The Labute approximate surface area is 91.4 Å². The molecule has 0 unspecified atom stereocenters. The van der Waals surface area contributed by atoms with Gasteiger partial charge < -0.3 is 10.8 Å². The lowest BCUT2D eigenvalue weighted by Crippen LogP contribution is -1.94. The molecule has 0 aliphatic carbocycles. The first-order valence-corrected chi connectivity index (χ1v) is 5.43. The van der Waals surface area contributed by atoms with Crippen molar-refractivity contribution < 1.29 is 5.11 Å². The van der Waals surface area contributed by atoms with Gasteiger partial charge in [-0.2, -0.15) is 0 Å². The number of hydrogen-bond donors (Lipinski definition) is 2. The predicted molar refractivity (Wildman–Crippen MR) is 64.6 cm³/mol. The van der Waals surface area contributed by atoms with Gasteiger partial charge in [-0.1, -0.05) is 36.4 Å². The molecule has 0 aromatic heterocycles. The summed E-state index contributed by atoms with van der Waals surface area (Å²) in [7, 11) is 0. The van der Waals surface area contributed by atoms with E-state index < -0.39 is 0 Å². The maximum Gasteiger partial charge on any atom is 0.0434 e. The van der Waals surface area contributed by atoms with Crippen molar-refractivity contribution in [3.05, 3.63) is 41.5 Å². The minimum atomic E-state index is 0.262. The minimum absolute atomic E-state index is 0.262. The van der Waals surface area contributed by atoms with Crippen LogP contribution in [0.3, 0.4) is 0 Å². The van der Waals surface area contributed by atoms with Gasteiger partial charge in [-0.05, 0) is 36.9 Å². The topological polar surface area (TPSA) is 46.2 Å². The Morgan fingerprint density at radius 3 is 2.53 bits per heavy atom. The van der Waals surface area contributed by atoms with E-state index in [9.17, 15) is 0 Å². The van der Waals surface area contributed by atoms with Gasteiger partial charge in [-0.15, -0.1) is 0 Å². The van der Waals surface area contributed by atoms with Crippen molar-refractivity contribution >= 4 is 6.08 Å². The largest absolute Gasteiger partial charge is 0.396 e. The molecule has 1 rings (SSSR count). The molecule has 2 heteroatoms. The highest BCUT2D eigenvalue weighted by molar-refractivity contribution is 5.49. The number of hydrogen-bond acceptors (Lipinski definition) is 2. The highest BCUT2D eigenvalue weighted by Gasteiger charge is 1.92. The SMILES string of the molecule is NCCC=Cc1ccc(CCCO)cc1. The molecule has 0 spiro atoms. The summed E-state index contributed by atoms with van der Waals surface area (Å²) in [5.74, 6) is 0. The Morgan fingerprint density at radius 2 is 1.93 bits per heavy atom. The number of aliphatic hydroxyl groups excluding tert-OH is 1. The van der Waals surface area contributed by atoms with Crippen LogP contribution in [0, 0.1) is 0 Å². The van der Waals surface area contributed by atoms with Crippen LogP contribution in [0.25, 0.3) is 6.08 Å². The van der Waals surface area contributed by atoms with E-state index in [0.717, 1.165) is 19.3 Å². The van der Waals surface area contributed by atoms with Gasteiger partial charge in [0, 0.05) is 6.61 Å². The van der Waals surface area contributed by atoms with Gasteiger partial charge in [-0.3, -0.25) is 0 Å². The Balaban J connectivity index is 2.48. The van der Waals surface area contributed by atoms with E-state index >= 15 is 0 Å². The molecule has 0 heterocycles. The zero-order valence-electron chi connectivity index (χ0n) is 9.02. The maximum atomic E-state index is 8.70. The fourth-order valence-corrected chi connectivity index (χ4v) is 1.39. The zero-order valence-corrected chi connectivity index (χ0v) is 9.02. The van der Waals surface area contributed by atoms with Gasteiger partial charge in [0.05, 0.1) is 0 Å². The van der Waals surface area contributed by atoms with Crippen molar-refractivity contribution in [3.63, 3.8) is 0 Å². The molecule has 2 nitrogen and oxygen atoms in total. The van der Waals surface area contributed by atoms with Gasteiger partial charge in [0.1, 0.15) is 0 Å². The second-order valence-corrected chi connectivity index (χ2v) is 3.55. The van der Waals surface area contributed by atoms with Crippen molar-refractivity contribution in [1.29, 1.82) is 0 Å². The summed E-state index contributed by atoms with van der Waals surface area (Å²) in [4.78, 5) is 0. The van der Waals surface area contributed by atoms with Crippen LogP contribution in [0.2, 0.25) is 0 Å². The molecule has 1 aromatic rings. The third-order valence-electron chi connectivity index (χ3n) is 2.25. The molecule has 0 amide bonds. The minimum Gasteiger partial charge on any atom is -0.396 e. The second-order valence-electron chi connectivity index (χ2n) is 3.55. The van der Waals surface area contributed by atoms with Crippen LogP contribution in [0.1, 0.15) is 24.0 Å². The molecule has 1 aromatic carbocycles. The fraction of sp³-hybridized carbons (Fsp3) is 0.385. The summed E-state index contributed by atoms with van der Waals surface area (Å²) in [6.07, 6.45) is 6.88. The molecule has 0 aliphatic rings. The number of rotatable bonds is 6. The van der Waals surface area contributed by atoms with E-state index in [1.807, 2.05) is 0 Å². The van der Waals surface area contributed by atoms with E-state index in [0.29, 0.717) is 6.54 Å². The van der Waals surface area contributed by atoms with Gasteiger partial charge >= 0.3 is 0 Å². The molecular weight excluding hydrogens is 186 g/mol. The molecule has 0 saturated heterocycles. The van der Waals surface area contributed by atoms with Gasteiger partial charge in [0.2, 0.25) is 0 Å². The molecule has 3 N–H and O–H groups in total. The van der Waals surface area contributed by atoms with Crippen molar-refractivity contribution in [1.82, 2.24) is 0 Å². The molecule has 0 atom stereocenters. The number of aryl methyl sites for hydroxylation is 1. The van der Waals surface area contributed by atoms with Gasteiger partial charge in [0.25, 0.3) is 0 Å². The quantitative estimate of drug-likeness (QED) is 0.746. The first-order chi connectivity index (χ1) is 7.36. The summed E-state index contributed by atoms with van der Waals surface area (Å²) in [5, 5.41) is 8.70. The van der Waals surface area contributed by atoms with E-state index in [2.05, 4.69) is 36.4 Å². The molecule has 0 saturated carbocycles. The van der Waals surface area contributed by atoms with Crippen molar-refractivity contribution in [2.45, 2.75) is 19.3 Å². The van der Waals surface area contributed by atoms with E-state index in [-0.39, 0.29) is 6.61 Å². The number of benzene rings is 1. The third-order valence-corrected chi connectivity index (χ3v) is 2.25. The molecule has 0 bridgehead atoms. The zero-order chi connectivity index (χ0) is 10.9. The van der Waals surface area contributed by atoms with Crippen LogP contribution in [0.15, 0.2) is 30.3 Å². The number of aliphatic hydroxyl groups is 1. The number of nitrogens with two attached hydrogens (primary N) is 1. The lowest BCUT2D eigenvalue weighted by Gasteiger charge is -2.00. The van der Waals surface area contributed by atoms with Crippen LogP contribution >= 0.6 is 0 Å². The summed E-state index contributed by atoms with van der Waals surface area (Å²) in [6, 6.07) is 8.41. The smallest absolute Gasteiger partial charge is 0.0434 e. The molecule has 0 radical (unpaired) electrons. The van der Waals surface area contributed by atoms with E-state index in [1.165, 1.54) is 11.1 Å². The average molecular weight is 205 g/mol.